The van der Waals surface area contributed by atoms with Crippen LogP contribution >= 0.6 is 0 Å². The number of amides is 1. The van der Waals surface area contributed by atoms with Crippen LogP contribution in [-0.4, -0.2) is 38.8 Å². The van der Waals surface area contributed by atoms with Crippen LogP contribution in [0.25, 0.3) is 11.4 Å². The van der Waals surface area contributed by atoms with Gasteiger partial charge in [0, 0.05) is 43.4 Å². The van der Waals surface area contributed by atoms with E-state index in [0.717, 1.165) is 49.9 Å². The average molecular weight is 390 g/mol. The summed E-state index contributed by atoms with van der Waals surface area (Å²) in [6.45, 7) is 1.50. The van der Waals surface area contributed by atoms with Gasteiger partial charge >= 0.3 is 0 Å². The predicted octanol–water partition coefficient (Wildman–Crippen LogP) is 4.16. The Morgan fingerprint density at radius 2 is 1.79 bits per heavy atom. The van der Waals surface area contributed by atoms with Gasteiger partial charge in [0.15, 0.2) is 5.82 Å². The molecule has 5 nitrogen and oxygen atoms in total. The summed E-state index contributed by atoms with van der Waals surface area (Å²) in [5.74, 6) is 0.813. The molecule has 2 aromatic heterocycles. The third kappa shape index (κ3) is 4.83. The third-order valence-electron chi connectivity index (χ3n) is 5.40. The molecule has 6 heteroatoms. The van der Waals surface area contributed by atoms with E-state index in [2.05, 4.69) is 15.0 Å². The number of hydrogen-bond donors (Lipinski definition) is 0. The van der Waals surface area contributed by atoms with Gasteiger partial charge in [0.05, 0.1) is 5.56 Å². The Kier molecular flexibility index (Phi) is 5.89. The van der Waals surface area contributed by atoms with Crippen molar-refractivity contribution in [1.82, 2.24) is 19.9 Å². The molecule has 0 saturated carbocycles. The summed E-state index contributed by atoms with van der Waals surface area (Å²) in [6, 6.07) is 10.4. The number of nitrogens with zero attached hydrogens (tertiary/aromatic N) is 4. The standard InChI is InChI=1S/C23H23FN4O/c24-21-7-5-17(6-8-21)3-4-18-2-1-13-28(16-18)23(29)20-14-26-22(27-15-20)19-9-11-25-12-10-19/h5-12,14-15,18H,1-4,13,16H2/t18-/m0/s1. The second-order valence-corrected chi connectivity index (χ2v) is 7.46. The molecule has 1 aliphatic heterocycles. The van der Waals surface area contributed by atoms with E-state index < -0.39 is 0 Å². The SMILES string of the molecule is O=C(c1cnc(-c2ccncc2)nc1)N1CCC[C@@H](CCc2ccc(F)cc2)C1. The van der Waals surface area contributed by atoms with Gasteiger partial charge in [-0.1, -0.05) is 12.1 Å². The maximum atomic E-state index is 13.0. The highest BCUT2D eigenvalue weighted by atomic mass is 19.1. The number of hydrogen-bond acceptors (Lipinski definition) is 4. The maximum absolute atomic E-state index is 13.0. The van der Waals surface area contributed by atoms with E-state index >= 15 is 0 Å². The Hall–Kier alpha value is -3.15. The smallest absolute Gasteiger partial charge is 0.256 e. The lowest BCUT2D eigenvalue weighted by atomic mass is 9.91. The highest BCUT2D eigenvalue weighted by Crippen LogP contribution is 2.23. The zero-order valence-electron chi connectivity index (χ0n) is 16.2. The number of benzene rings is 1. The number of aryl methyl sites for hydroxylation is 1. The number of pyridine rings is 1. The fraction of sp³-hybridized carbons (Fsp3) is 0.304. The van der Waals surface area contributed by atoms with Crippen LogP contribution in [0.15, 0.2) is 61.2 Å². The van der Waals surface area contributed by atoms with Crippen molar-refractivity contribution >= 4 is 5.91 Å². The van der Waals surface area contributed by atoms with Crippen LogP contribution in [0, 0.1) is 11.7 Å². The van der Waals surface area contributed by atoms with Crippen LogP contribution in [0.1, 0.15) is 35.2 Å². The summed E-state index contributed by atoms with van der Waals surface area (Å²) in [5, 5.41) is 0. The first-order valence-electron chi connectivity index (χ1n) is 9.95. The zero-order chi connectivity index (χ0) is 20.1. The van der Waals surface area contributed by atoms with E-state index in [1.807, 2.05) is 29.2 Å². The van der Waals surface area contributed by atoms with E-state index in [-0.39, 0.29) is 11.7 Å². The van der Waals surface area contributed by atoms with Crippen molar-refractivity contribution in [3.63, 3.8) is 0 Å². The van der Waals surface area contributed by atoms with Crippen molar-refractivity contribution < 1.29 is 9.18 Å². The molecule has 0 radical (unpaired) electrons. The first kappa shape index (κ1) is 19.2. The van der Waals surface area contributed by atoms with E-state index in [1.54, 1.807) is 24.8 Å². The van der Waals surface area contributed by atoms with Crippen LogP contribution in [0.2, 0.25) is 0 Å². The highest BCUT2D eigenvalue weighted by molar-refractivity contribution is 5.93. The summed E-state index contributed by atoms with van der Waals surface area (Å²) < 4.78 is 13.0. The number of carbonyl (C=O) groups is 1. The fourth-order valence-corrected chi connectivity index (χ4v) is 3.78. The highest BCUT2D eigenvalue weighted by Gasteiger charge is 2.24. The molecule has 3 heterocycles. The number of halogens is 1. The molecule has 0 bridgehead atoms. The van der Waals surface area contributed by atoms with Crippen molar-refractivity contribution in [3.05, 3.63) is 78.1 Å². The Morgan fingerprint density at radius 3 is 2.52 bits per heavy atom. The minimum absolute atomic E-state index is 0.0160. The molecule has 3 aromatic rings. The molecule has 148 valence electrons. The number of likely N-dealkylation sites (tertiary alicyclic amines) is 1. The molecule has 4 rings (SSSR count). The predicted molar refractivity (Wildman–Crippen MR) is 109 cm³/mol. The molecule has 0 unspecified atom stereocenters. The monoisotopic (exact) mass is 390 g/mol. The third-order valence-corrected chi connectivity index (χ3v) is 5.40. The summed E-state index contributed by atoms with van der Waals surface area (Å²) in [4.78, 5) is 27.5. The van der Waals surface area contributed by atoms with Gasteiger partial charge in [-0.05, 0) is 61.4 Å². The first-order valence-corrected chi connectivity index (χ1v) is 9.95. The minimum Gasteiger partial charge on any atom is -0.338 e. The van der Waals surface area contributed by atoms with Crippen LogP contribution in [0.4, 0.5) is 4.39 Å². The molecule has 29 heavy (non-hydrogen) atoms. The van der Waals surface area contributed by atoms with Crippen LogP contribution in [0.5, 0.6) is 0 Å². The molecule has 1 saturated heterocycles. The van der Waals surface area contributed by atoms with E-state index in [1.165, 1.54) is 12.1 Å². The van der Waals surface area contributed by atoms with Crippen molar-refractivity contribution in [3.8, 4) is 11.4 Å². The van der Waals surface area contributed by atoms with Crippen LogP contribution < -0.4 is 0 Å². The molecule has 1 atom stereocenters. The minimum atomic E-state index is -0.208. The van der Waals surface area contributed by atoms with Gasteiger partial charge < -0.3 is 4.90 Å². The second-order valence-electron chi connectivity index (χ2n) is 7.46. The normalized spacial score (nSPS) is 16.6. The topological polar surface area (TPSA) is 59.0 Å². The Morgan fingerprint density at radius 1 is 1.07 bits per heavy atom. The lowest BCUT2D eigenvalue weighted by Gasteiger charge is -2.32. The Labute approximate surface area is 169 Å². The number of carbonyl (C=O) groups excluding carboxylic acids is 1. The lowest BCUT2D eigenvalue weighted by Crippen LogP contribution is -2.40. The van der Waals surface area contributed by atoms with Gasteiger partial charge in [0.25, 0.3) is 5.91 Å². The van der Waals surface area contributed by atoms with Crippen LogP contribution in [-0.2, 0) is 6.42 Å². The molecule has 0 N–H and O–H groups in total. The van der Waals surface area contributed by atoms with Gasteiger partial charge in [-0.25, -0.2) is 14.4 Å². The molecule has 1 amide bonds. The molecular weight excluding hydrogens is 367 g/mol. The summed E-state index contributed by atoms with van der Waals surface area (Å²) >= 11 is 0. The molecule has 1 aliphatic rings. The zero-order valence-corrected chi connectivity index (χ0v) is 16.2. The summed E-state index contributed by atoms with van der Waals surface area (Å²) in [5.41, 5.74) is 2.52. The summed E-state index contributed by atoms with van der Waals surface area (Å²) in [6.07, 6.45) is 10.6. The van der Waals surface area contributed by atoms with Gasteiger partial charge in [-0.2, -0.15) is 0 Å². The van der Waals surface area contributed by atoms with Crippen molar-refractivity contribution in [2.24, 2.45) is 5.92 Å². The number of piperidine rings is 1. The first-order chi connectivity index (χ1) is 14.2. The van der Waals surface area contributed by atoms with Crippen LogP contribution in [0.3, 0.4) is 0 Å². The molecule has 0 spiro atoms. The Bertz CT molecular complexity index is 945. The number of rotatable bonds is 5. The van der Waals surface area contributed by atoms with Gasteiger partial charge in [-0.15, -0.1) is 0 Å². The van der Waals surface area contributed by atoms with Crippen molar-refractivity contribution in [1.29, 1.82) is 0 Å². The molecule has 1 fully saturated rings. The largest absolute Gasteiger partial charge is 0.338 e. The number of aromatic nitrogens is 3. The molecule has 0 aliphatic carbocycles. The van der Waals surface area contributed by atoms with Crippen molar-refractivity contribution in [2.45, 2.75) is 25.7 Å². The maximum Gasteiger partial charge on any atom is 0.256 e. The van der Waals surface area contributed by atoms with Crippen molar-refractivity contribution in [2.75, 3.05) is 13.1 Å². The quantitative estimate of drug-likeness (QED) is 0.656. The van der Waals surface area contributed by atoms with Gasteiger partial charge in [-0.3, -0.25) is 9.78 Å². The van der Waals surface area contributed by atoms with E-state index in [9.17, 15) is 9.18 Å². The lowest BCUT2D eigenvalue weighted by molar-refractivity contribution is 0.0667. The second kappa shape index (κ2) is 8.90. The molecule has 1 aromatic carbocycles. The fourth-order valence-electron chi connectivity index (χ4n) is 3.78. The Balaban J connectivity index is 1.36. The summed E-state index contributed by atoms with van der Waals surface area (Å²) in [7, 11) is 0. The average Bonchev–Trinajstić information content (AvgIpc) is 2.79. The van der Waals surface area contributed by atoms with E-state index in [4.69, 9.17) is 0 Å². The molecular formula is C23H23FN4O. The van der Waals surface area contributed by atoms with Gasteiger partial charge in [0.2, 0.25) is 0 Å². The van der Waals surface area contributed by atoms with E-state index in [0.29, 0.717) is 17.3 Å². The van der Waals surface area contributed by atoms with Gasteiger partial charge in [0.1, 0.15) is 5.82 Å².